The van der Waals surface area contributed by atoms with E-state index in [0.29, 0.717) is 0 Å². The Labute approximate surface area is 92.0 Å². The van der Waals surface area contributed by atoms with Gasteiger partial charge in [-0.1, -0.05) is 27.5 Å². The molecule has 2 nitrogen and oxygen atoms in total. The average Bonchev–Trinajstić information content (AvgIpc) is 2.09. The highest BCUT2D eigenvalue weighted by atomic mass is 79.9. The van der Waals surface area contributed by atoms with E-state index in [1.807, 2.05) is 6.07 Å². The quantitative estimate of drug-likeness (QED) is 0.776. The van der Waals surface area contributed by atoms with Gasteiger partial charge in [-0.05, 0) is 18.7 Å². The SMILES string of the molecule is CN(CCBr)Cc1ccncc1Cl. The van der Waals surface area contributed by atoms with E-state index in [1.165, 1.54) is 0 Å². The fraction of sp³-hybridized carbons (Fsp3) is 0.444. The maximum Gasteiger partial charge on any atom is 0.0634 e. The minimum absolute atomic E-state index is 0.740. The van der Waals surface area contributed by atoms with Gasteiger partial charge in [-0.2, -0.15) is 0 Å². The Morgan fingerprint density at radius 1 is 1.62 bits per heavy atom. The molecule has 13 heavy (non-hydrogen) atoms. The molecule has 0 aliphatic rings. The second kappa shape index (κ2) is 5.58. The zero-order valence-corrected chi connectivity index (χ0v) is 9.85. The fourth-order valence-electron chi connectivity index (χ4n) is 1.05. The smallest absolute Gasteiger partial charge is 0.0634 e. The summed E-state index contributed by atoms with van der Waals surface area (Å²) in [7, 11) is 2.07. The van der Waals surface area contributed by atoms with E-state index in [4.69, 9.17) is 11.6 Å². The third kappa shape index (κ3) is 3.63. The van der Waals surface area contributed by atoms with E-state index in [-0.39, 0.29) is 0 Å². The molecule has 1 heterocycles. The number of halogens is 2. The molecule has 0 aromatic carbocycles. The molecule has 1 aromatic rings. The third-order valence-corrected chi connectivity index (χ3v) is 2.46. The van der Waals surface area contributed by atoms with Crippen LogP contribution < -0.4 is 0 Å². The van der Waals surface area contributed by atoms with Crippen LogP contribution in [-0.4, -0.2) is 28.8 Å². The highest BCUT2D eigenvalue weighted by Gasteiger charge is 2.02. The molecule has 1 aromatic heterocycles. The number of nitrogens with zero attached hydrogens (tertiary/aromatic N) is 2. The molecule has 0 unspecified atom stereocenters. The summed E-state index contributed by atoms with van der Waals surface area (Å²) in [6.45, 7) is 1.88. The van der Waals surface area contributed by atoms with E-state index >= 15 is 0 Å². The Morgan fingerprint density at radius 3 is 3.00 bits per heavy atom. The molecule has 1 rings (SSSR count). The van der Waals surface area contributed by atoms with Crippen molar-refractivity contribution in [2.75, 3.05) is 18.9 Å². The van der Waals surface area contributed by atoms with Crippen LogP contribution in [0.1, 0.15) is 5.56 Å². The lowest BCUT2D eigenvalue weighted by Gasteiger charge is -2.15. The summed E-state index contributed by atoms with van der Waals surface area (Å²) in [6, 6.07) is 1.95. The van der Waals surface area contributed by atoms with E-state index in [0.717, 1.165) is 29.0 Å². The fourth-order valence-corrected chi connectivity index (χ4v) is 1.83. The van der Waals surface area contributed by atoms with Gasteiger partial charge in [0.25, 0.3) is 0 Å². The number of alkyl halides is 1. The summed E-state index contributed by atoms with van der Waals surface area (Å²) >= 11 is 9.36. The van der Waals surface area contributed by atoms with Gasteiger partial charge >= 0.3 is 0 Å². The van der Waals surface area contributed by atoms with Crippen molar-refractivity contribution in [1.29, 1.82) is 0 Å². The molecular weight excluding hydrogens is 251 g/mol. The lowest BCUT2D eigenvalue weighted by molar-refractivity contribution is 0.349. The highest BCUT2D eigenvalue weighted by molar-refractivity contribution is 9.09. The van der Waals surface area contributed by atoms with Crippen LogP contribution in [0.4, 0.5) is 0 Å². The zero-order chi connectivity index (χ0) is 9.68. The van der Waals surface area contributed by atoms with Gasteiger partial charge in [-0.15, -0.1) is 0 Å². The Bertz CT molecular complexity index is 268. The standard InChI is InChI=1S/C9H12BrClN2/c1-13(5-3-10)7-8-2-4-12-6-9(8)11/h2,4,6H,3,5,7H2,1H3. The number of hydrogen-bond donors (Lipinski definition) is 0. The van der Waals surface area contributed by atoms with Gasteiger partial charge in [-0.25, -0.2) is 0 Å². The molecule has 0 saturated carbocycles. The van der Waals surface area contributed by atoms with Crippen LogP contribution in [0.5, 0.6) is 0 Å². The average molecular weight is 264 g/mol. The normalized spacial score (nSPS) is 10.8. The van der Waals surface area contributed by atoms with E-state index in [2.05, 4.69) is 32.9 Å². The number of rotatable bonds is 4. The van der Waals surface area contributed by atoms with Crippen LogP contribution in [0.25, 0.3) is 0 Å². The molecule has 0 N–H and O–H groups in total. The Kier molecular flexibility index (Phi) is 4.70. The van der Waals surface area contributed by atoms with Crippen molar-refractivity contribution in [3.63, 3.8) is 0 Å². The molecule has 0 bridgehead atoms. The van der Waals surface area contributed by atoms with Crippen molar-refractivity contribution in [1.82, 2.24) is 9.88 Å². The Hall–Kier alpha value is -0.120. The summed E-state index contributed by atoms with van der Waals surface area (Å²) in [5.41, 5.74) is 1.13. The van der Waals surface area contributed by atoms with Crippen molar-refractivity contribution in [3.05, 3.63) is 29.0 Å². The van der Waals surface area contributed by atoms with Gasteiger partial charge in [0.2, 0.25) is 0 Å². The number of pyridine rings is 1. The van der Waals surface area contributed by atoms with Gasteiger partial charge in [0.15, 0.2) is 0 Å². The van der Waals surface area contributed by atoms with Crippen LogP contribution in [0.15, 0.2) is 18.5 Å². The molecule has 0 aliphatic heterocycles. The zero-order valence-electron chi connectivity index (χ0n) is 7.50. The van der Waals surface area contributed by atoms with Gasteiger partial charge in [0.1, 0.15) is 0 Å². The Morgan fingerprint density at radius 2 is 2.38 bits per heavy atom. The lowest BCUT2D eigenvalue weighted by atomic mass is 10.2. The molecule has 4 heteroatoms. The van der Waals surface area contributed by atoms with Crippen molar-refractivity contribution < 1.29 is 0 Å². The summed E-state index contributed by atoms with van der Waals surface area (Å²) < 4.78 is 0. The highest BCUT2D eigenvalue weighted by Crippen LogP contribution is 2.14. The molecule has 0 saturated heterocycles. The van der Waals surface area contributed by atoms with Crippen molar-refractivity contribution in [3.8, 4) is 0 Å². The molecule has 0 atom stereocenters. The molecule has 0 aliphatic carbocycles. The minimum atomic E-state index is 0.740. The summed E-state index contributed by atoms with van der Waals surface area (Å²) in [5, 5.41) is 1.72. The second-order valence-electron chi connectivity index (χ2n) is 2.89. The summed E-state index contributed by atoms with van der Waals surface area (Å²) in [5.74, 6) is 0. The predicted octanol–water partition coefficient (Wildman–Crippen LogP) is 2.56. The van der Waals surface area contributed by atoms with Crippen molar-refractivity contribution >= 4 is 27.5 Å². The number of hydrogen-bond acceptors (Lipinski definition) is 2. The van der Waals surface area contributed by atoms with E-state index in [1.54, 1.807) is 12.4 Å². The van der Waals surface area contributed by atoms with Gasteiger partial charge < -0.3 is 4.90 Å². The van der Waals surface area contributed by atoms with Crippen LogP contribution in [-0.2, 0) is 6.54 Å². The first-order chi connectivity index (χ1) is 6.24. The molecule has 0 spiro atoms. The van der Waals surface area contributed by atoms with Crippen LogP contribution >= 0.6 is 27.5 Å². The van der Waals surface area contributed by atoms with Gasteiger partial charge in [0.05, 0.1) is 5.02 Å². The van der Waals surface area contributed by atoms with Crippen LogP contribution in [0.3, 0.4) is 0 Å². The second-order valence-corrected chi connectivity index (χ2v) is 4.09. The van der Waals surface area contributed by atoms with Gasteiger partial charge in [0, 0.05) is 30.8 Å². The first-order valence-corrected chi connectivity index (χ1v) is 5.57. The maximum absolute atomic E-state index is 5.97. The van der Waals surface area contributed by atoms with Crippen LogP contribution in [0, 0.1) is 0 Å². The monoisotopic (exact) mass is 262 g/mol. The summed E-state index contributed by atoms with van der Waals surface area (Å²) in [6.07, 6.45) is 3.45. The molecule has 0 fully saturated rings. The molecule has 72 valence electrons. The first-order valence-electron chi connectivity index (χ1n) is 4.07. The van der Waals surface area contributed by atoms with Gasteiger partial charge in [-0.3, -0.25) is 4.98 Å². The van der Waals surface area contributed by atoms with Crippen LogP contribution in [0.2, 0.25) is 5.02 Å². The Balaban J connectivity index is 2.58. The minimum Gasteiger partial charge on any atom is -0.301 e. The third-order valence-electron chi connectivity index (χ3n) is 1.76. The van der Waals surface area contributed by atoms with Crippen molar-refractivity contribution in [2.45, 2.75) is 6.54 Å². The topological polar surface area (TPSA) is 16.1 Å². The lowest BCUT2D eigenvalue weighted by Crippen LogP contribution is -2.20. The largest absolute Gasteiger partial charge is 0.301 e. The van der Waals surface area contributed by atoms with E-state index in [9.17, 15) is 0 Å². The van der Waals surface area contributed by atoms with E-state index < -0.39 is 0 Å². The predicted molar refractivity (Wildman–Crippen MR) is 59.4 cm³/mol. The van der Waals surface area contributed by atoms with Crippen molar-refractivity contribution in [2.24, 2.45) is 0 Å². The summed E-state index contributed by atoms with van der Waals surface area (Å²) in [4.78, 5) is 6.14. The number of aromatic nitrogens is 1. The molecule has 0 radical (unpaired) electrons. The maximum atomic E-state index is 5.97. The first kappa shape index (κ1) is 11.0. The molecule has 0 amide bonds. The molecular formula is C9H12BrClN2.